The number of hydrogen-bond donors (Lipinski definition) is 0. The summed E-state index contributed by atoms with van der Waals surface area (Å²) < 4.78 is 20.7. The van der Waals surface area contributed by atoms with E-state index in [9.17, 15) is 4.57 Å². The maximum absolute atomic E-state index is 14.1. The van der Waals surface area contributed by atoms with Crippen LogP contribution in [0.4, 0.5) is 0 Å². The van der Waals surface area contributed by atoms with Gasteiger partial charge in [0.2, 0.25) is 7.37 Å². The lowest BCUT2D eigenvalue weighted by Gasteiger charge is -2.41. The first-order valence-electron chi connectivity index (χ1n) is 9.17. The van der Waals surface area contributed by atoms with E-state index in [0.29, 0.717) is 11.6 Å². The summed E-state index contributed by atoms with van der Waals surface area (Å²) in [5, 5.41) is 1.64. The van der Waals surface area contributed by atoms with E-state index < -0.39 is 7.37 Å². The van der Waals surface area contributed by atoms with Gasteiger partial charge in [-0.2, -0.15) is 0 Å². The van der Waals surface area contributed by atoms with Gasteiger partial charge < -0.3 is 4.44 Å². The first-order chi connectivity index (χ1) is 11.8. The summed E-state index contributed by atoms with van der Waals surface area (Å²) in [6, 6.07) is 19.6. The summed E-state index contributed by atoms with van der Waals surface area (Å²) in [5.74, 6) is 1.16. The molecule has 2 aliphatic rings. The van der Waals surface area contributed by atoms with E-state index in [1.165, 1.54) is 38.5 Å². The number of hydrogen-bond acceptors (Lipinski definition) is 2. The highest BCUT2D eigenvalue weighted by Crippen LogP contribution is 2.54. The minimum absolute atomic E-state index is 0.152. The second-order valence-corrected chi connectivity index (χ2v) is 9.52. The van der Waals surface area contributed by atoms with Crippen LogP contribution in [0.1, 0.15) is 38.5 Å². The van der Waals surface area contributed by atoms with Crippen molar-refractivity contribution in [3.8, 4) is 0 Å². The van der Waals surface area contributed by atoms with Gasteiger partial charge in [0, 0.05) is 10.6 Å². The SMILES string of the molecule is O=P(OB1C2CCCC1CCC2)(c1ccccc1)c1ccccc1. The summed E-state index contributed by atoms with van der Waals surface area (Å²) >= 11 is 0. The summed E-state index contributed by atoms with van der Waals surface area (Å²) in [4.78, 5) is 0. The molecule has 0 unspecified atom stereocenters. The van der Waals surface area contributed by atoms with Crippen LogP contribution in [0.25, 0.3) is 0 Å². The Labute approximate surface area is 145 Å². The molecule has 2 fully saturated rings. The van der Waals surface area contributed by atoms with Gasteiger partial charge in [0.15, 0.2) is 0 Å². The minimum Gasteiger partial charge on any atom is -0.382 e. The molecule has 4 heteroatoms. The highest BCUT2D eigenvalue weighted by atomic mass is 31.2. The molecule has 2 saturated heterocycles. The fourth-order valence-corrected chi connectivity index (χ4v) is 6.84. The maximum Gasteiger partial charge on any atom is 0.308 e. The molecule has 0 saturated carbocycles. The summed E-state index contributed by atoms with van der Waals surface area (Å²) in [5.41, 5.74) is 0. The normalized spacial score (nSPS) is 23.9. The summed E-state index contributed by atoms with van der Waals surface area (Å²) in [7, 11) is -3.05. The first kappa shape index (κ1) is 16.2. The van der Waals surface area contributed by atoms with Crippen LogP contribution in [0.5, 0.6) is 0 Å². The average molecular weight is 338 g/mol. The zero-order chi connectivity index (χ0) is 16.4. The summed E-state index contributed by atoms with van der Waals surface area (Å²) in [6.45, 7) is 0.152. The molecule has 4 rings (SSSR count). The third-order valence-electron chi connectivity index (χ3n) is 5.69. The minimum atomic E-state index is -3.05. The third-order valence-corrected chi connectivity index (χ3v) is 8.19. The number of benzene rings is 2. The Balaban J connectivity index is 1.73. The number of rotatable bonds is 4. The molecule has 2 aromatic carbocycles. The van der Waals surface area contributed by atoms with Crippen molar-refractivity contribution < 1.29 is 9.01 Å². The lowest BCUT2D eigenvalue weighted by Crippen LogP contribution is -2.38. The van der Waals surface area contributed by atoms with Crippen molar-refractivity contribution >= 4 is 24.9 Å². The maximum atomic E-state index is 14.1. The molecule has 0 aromatic heterocycles. The third kappa shape index (κ3) is 3.00. The molecule has 124 valence electrons. The van der Waals surface area contributed by atoms with Crippen LogP contribution in [-0.4, -0.2) is 6.92 Å². The highest BCUT2D eigenvalue weighted by Gasteiger charge is 2.45. The predicted octanol–water partition coefficient (Wildman–Crippen LogP) is 5.03. The van der Waals surface area contributed by atoms with Crippen molar-refractivity contribution in [3.05, 3.63) is 60.7 Å². The molecule has 0 atom stereocenters. The molecule has 0 N–H and O–H groups in total. The fourth-order valence-electron chi connectivity index (χ4n) is 4.48. The van der Waals surface area contributed by atoms with Crippen molar-refractivity contribution in [2.75, 3.05) is 0 Å². The molecule has 2 bridgehead atoms. The van der Waals surface area contributed by atoms with Crippen LogP contribution < -0.4 is 10.6 Å². The van der Waals surface area contributed by atoms with Crippen LogP contribution >= 0.6 is 7.37 Å². The molecule has 2 aliphatic heterocycles. The predicted molar refractivity (Wildman–Crippen MR) is 102 cm³/mol. The van der Waals surface area contributed by atoms with Gasteiger partial charge >= 0.3 is 6.92 Å². The van der Waals surface area contributed by atoms with Crippen LogP contribution in [0.2, 0.25) is 11.6 Å². The van der Waals surface area contributed by atoms with Crippen LogP contribution in [0, 0.1) is 0 Å². The van der Waals surface area contributed by atoms with E-state index in [4.69, 9.17) is 4.44 Å². The van der Waals surface area contributed by atoms with E-state index >= 15 is 0 Å². The molecule has 24 heavy (non-hydrogen) atoms. The smallest absolute Gasteiger partial charge is 0.308 e. The van der Waals surface area contributed by atoms with Gasteiger partial charge in [-0.1, -0.05) is 74.9 Å². The van der Waals surface area contributed by atoms with Crippen molar-refractivity contribution in [1.82, 2.24) is 0 Å². The zero-order valence-corrected chi connectivity index (χ0v) is 14.9. The molecular weight excluding hydrogens is 314 g/mol. The van der Waals surface area contributed by atoms with E-state index in [1.54, 1.807) is 0 Å². The quantitative estimate of drug-likeness (QED) is 0.577. The Morgan fingerprint density at radius 2 is 1.17 bits per heavy atom. The van der Waals surface area contributed by atoms with Crippen LogP contribution in [0.15, 0.2) is 60.7 Å². The lowest BCUT2D eigenvalue weighted by molar-refractivity contribution is 0.382. The standard InChI is InChI=1S/C20H24BO2P/c22-24(19-13-3-1-4-14-19,20-15-5-2-6-16-20)23-21-17-9-7-10-18(21)12-8-11-17/h1-6,13-18H,7-12H2. The van der Waals surface area contributed by atoms with Crippen molar-refractivity contribution in [2.45, 2.75) is 50.2 Å². The molecule has 2 nitrogen and oxygen atoms in total. The van der Waals surface area contributed by atoms with Crippen molar-refractivity contribution in [2.24, 2.45) is 0 Å². The van der Waals surface area contributed by atoms with Crippen molar-refractivity contribution in [1.29, 1.82) is 0 Å². The highest BCUT2D eigenvalue weighted by molar-refractivity contribution is 7.75. The average Bonchev–Trinajstić information content (AvgIpc) is 2.63. The Kier molecular flexibility index (Phi) is 4.65. The molecule has 0 radical (unpaired) electrons. The second kappa shape index (κ2) is 6.90. The van der Waals surface area contributed by atoms with Gasteiger partial charge in [-0.05, 0) is 35.9 Å². The largest absolute Gasteiger partial charge is 0.382 e. The van der Waals surface area contributed by atoms with E-state index in [2.05, 4.69) is 0 Å². The van der Waals surface area contributed by atoms with Crippen LogP contribution in [-0.2, 0) is 9.01 Å². The van der Waals surface area contributed by atoms with Gasteiger partial charge in [-0.25, -0.2) is 0 Å². The summed E-state index contributed by atoms with van der Waals surface area (Å²) in [6.07, 6.45) is 7.51. The fraction of sp³-hybridized carbons (Fsp3) is 0.400. The second-order valence-electron chi connectivity index (χ2n) is 7.17. The van der Waals surface area contributed by atoms with E-state index in [0.717, 1.165) is 10.6 Å². The number of fused-ring (bicyclic) bond motifs is 2. The van der Waals surface area contributed by atoms with Gasteiger partial charge in [0.1, 0.15) is 0 Å². The first-order valence-corrected chi connectivity index (χ1v) is 10.8. The molecule has 2 heterocycles. The van der Waals surface area contributed by atoms with Crippen LogP contribution in [0.3, 0.4) is 0 Å². The Morgan fingerprint density at radius 3 is 1.58 bits per heavy atom. The lowest BCUT2D eigenvalue weighted by atomic mass is 9.38. The van der Waals surface area contributed by atoms with Gasteiger partial charge in [-0.15, -0.1) is 0 Å². The Morgan fingerprint density at radius 1 is 0.750 bits per heavy atom. The molecule has 0 amide bonds. The molecule has 0 aliphatic carbocycles. The van der Waals surface area contributed by atoms with Gasteiger partial charge in [-0.3, -0.25) is 4.57 Å². The zero-order valence-electron chi connectivity index (χ0n) is 14.0. The topological polar surface area (TPSA) is 26.3 Å². The van der Waals surface area contributed by atoms with Gasteiger partial charge in [0.25, 0.3) is 0 Å². The van der Waals surface area contributed by atoms with Crippen molar-refractivity contribution in [3.63, 3.8) is 0 Å². The van der Waals surface area contributed by atoms with E-state index in [-0.39, 0.29) is 6.92 Å². The molecule has 2 aromatic rings. The molecular formula is C20H24BO2P. The Hall–Kier alpha value is -1.31. The monoisotopic (exact) mass is 338 g/mol. The van der Waals surface area contributed by atoms with Gasteiger partial charge in [0.05, 0.1) is 0 Å². The Bertz CT molecular complexity index is 653. The van der Waals surface area contributed by atoms with E-state index in [1.807, 2.05) is 60.7 Å². The molecule has 0 spiro atoms.